The van der Waals surface area contributed by atoms with Gasteiger partial charge in [0.15, 0.2) is 0 Å². The second kappa shape index (κ2) is 7.67. The third-order valence-electron chi connectivity index (χ3n) is 2.21. The molecule has 1 amide bonds. The number of nitro benzene ring substituents is 1. The molecule has 0 radical (unpaired) electrons. The van der Waals surface area contributed by atoms with E-state index in [9.17, 15) is 14.9 Å². The molecule has 1 rings (SSSR count). The van der Waals surface area contributed by atoms with Crippen molar-refractivity contribution in [3.8, 4) is 0 Å². The first-order valence-electron chi connectivity index (χ1n) is 5.48. The summed E-state index contributed by atoms with van der Waals surface area (Å²) in [7, 11) is 1.57. The summed E-state index contributed by atoms with van der Waals surface area (Å²) in [6, 6.07) is 3.86. The Morgan fingerprint density at radius 3 is 2.84 bits per heavy atom. The lowest BCUT2D eigenvalue weighted by Crippen LogP contribution is -2.30. The molecule has 0 aliphatic heterocycles. The Balaban J connectivity index is 2.52. The van der Waals surface area contributed by atoms with Crippen LogP contribution in [0.25, 0.3) is 0 Å². The second-order valence-corrected chi connectivity index (χ2v) is 4.05. The van der Waals surface area contributed by atoms with Gasteiger partial charge in [-0.05, 0) is 6.07 Å². The zero-order chi connectivity index (χ0) is 14.3. The zero-order valence-corrected chi connectivity index (χ0v) is 11.1. The molecule has 0 aliphatic rings. The van der Waals surface area contributed by atoms with Gasteiger partial charge in [-0.25, -0.2) is 0 Å². The van der Waals surface area contributed by atoms with Gasteiger partial charge in [-0.1, -0.05) is 11.6 Å². The minimum absolute atomic E-state index is 0.108. The van der Waals surface area contributed by atoms with Crippen molar-refractivity contribution in [1.82, 2.24) is 5.32 Å². The third kappa shape index (κ3) is 5.21. The first-order valence-corrected chi connectivity index (χ1v) is 5.86. The Hall–Kier alpha value is -1.70. The summed E-state index contributed by atoms with van der Waals surface area (Å²) < 4.78 is 4.82. The van der Waals surface area contributed by atoms with Crippen molar-refractivity contribution in [2.45, 2.75) is 0 Å². The van der Waals surface area contributed by atoms with E-state index in [2.05, 4.69) is 10.6 Å². The van der Waals surface area contributed by atoms with E-state index in [1.54, 1.807) is 7.11 Å². The first-order chi connectivity index (χ1) is 9.04. The summed E-state index contributed by atoms with van der Waals surface area (Å²) in [4.78, 5) is 21.5. The van der Waals surface area contributed by atoms with Crippen molar-refractivity contribution in [3.63, 3.8) is 0 Å². The van der Waals surface area contributed by atoms with Crippen LogP contribution in [0.2, 0.25) is 5.02 Å². The van der Waals surface area contributed by atoms with Gasteiger partial charge in [-0.15, -0.1) is 0 Å². The van der Waals surface area contributed by atoms with E-state index in [0.29, 0.717) is 18.8 Å². The average molecular weight is 288 g/mol. The van der Waals surface area contributed by atoms with Crippen molar-refractivity contribution >= 4 is 28.9 Å². The molecule has 0 heterocycles. The number of nitrogens with zero attached hydrogens (tertiary/aromatic N) is 1. The van der Waals surface area contributed by atoms with Crippen LogP contribution in [0.3, 0.4) is 0 Å². The molecule has 104 valence electrons. The van der Waals surface area contributed by atoms with Crippen LogP contribution in [0.1, 0.15) is 0 Å². The van der Waals surface area contributed by atoms with Crippen LogP contribution in [-0.4, -0.2) is 37.6 Å². The van der Waals surface area contributed by atoms with E-state index in [4.69, 9.17) is 16.3 Å². The molecular formula is C11H14ClN3O4. The minimum Gasteiger partial charge on any atom is -0.383 e. The second-order valence-electron chi connectivity index (χ2n) is 3.64. The van der Waals surface area contributed by atoms with Crippen LogP contribution in [0.5, 0.6) is 0 Å². The van der Waals surface area contributed by atoms with Crippen molar-refractivity contribution < 1.29 is 14.5 Å². The molecule has 2 N–H and O–H groups in total. The lowest BCUT2D eigenvalue weighted by Gasteiger charge is -2.07. The SMILES string of the molecule is COCCNCC(=O)Nc1ccc([N+](=O)[O-])cc1Cl. The van der Waals surface area contributed by atoms with E-state index >= 15 is 0 Å². The van der Waals surface area contributed by atoms with Crippen LogP contribution in [0, 0.1) is 10.1 Å². The lowest BCUT2D eigenvalue weighted by molar-refractivity contribution is -0.384. The number of rotatable bonds is 7. The van der Waals surface area contributed by atoms with Gasteiger partial charge in [0.2, 0.25) is 5.91 Å². The summed E-state index contributed by atoms with van der Waals surface area (Å²) in [5.41, 5.74) is 0.215. The number of nitrogens with one attached hydrogen (secondary N) is 2. The van der Waals surface area contributed by atoms with Crippen LogP contribution in [-0.2, 0) is 9.53 Å². The molecular weight excluding hydrogens is 274 g/mol. The number of carbonyl (C=O) groups is 1. The molecule has 0 aliphatic carbocycles. The quantitative estimate of drug-likeness (QED) is 0.449. The molecule has 0 saturated heterocycles. The maximum absolute atomic E-state index is 11.5. The Morgan fingerprint density at radius 1 is 1.53 bits per heavy atom. The smallest absolute Gasteiger partial charge is 0.271 e. The Morgan fingerprint density at radius 2 is 2.26 bits per heavy atom. The summed E-state index contributed by atoms with van der Waals surface area (Å²) >= 11 is 5.84. The van der Waals surface area contributed by atoms with Crippen molar-refractivity contribution in [1.29, 1.82) is 0 Å². The third-order valence-corrected chi connectivity index (χ3v) is 2.52. The van der Waals surface area contributed by atoms with E-state index in [1.807, 2.05) is 0 Å². The Kier molecular flexibility index (Phi) is 6.20. The molecule has 0 saturated carbocycles. The van der Waals surface area contributed by atoms with Crippen LogP contribution in [0.4, 0.5) is 11.4 Å². The van der Waals surface area contributed by atoms with E-state index in [-0.39, 0.29) is 23.2 Å². The molecule has 8 heteroatoms. The number of hydrogen-bond acceptors (Lipinski definition) is 5. The standard InChI is InChI=1S/C11H14ClN3O4/c1-19-5-4-13-7-11(16)14-10-3-2-8(15(17)18)6-9(10)12/h2-3,6,13H,4-5,7H2,1H3,(H,14,16). The van der Waals surface area contributed by atoms with E-state index < -0.39 is 4.92 Å². The predicted molar refractivity (Wildman–Crippen MR) is 71.5 cm³/mol. The monoisotopic (exact) mass is 287 g/mol. The maximum Gasteiger partial charge on any atom is 0.271 e. The van der Waals surface area contributed by atoms with Crippen molar-refractivity contribution in [2.75, 3.05) is 32.1 Å². The summed E-state index contributed by atoms with van der Waals surface area (Å²) in [5.74, 6) is -0.285. The number of anilines is 1. The molecule has 19 heavy (non-hydrogen) atoms. The number of non-ortho nitro benzene ring substituents is 1. The van der Waals surface area contributed by atoms with E-state index in [0.717, 1.165) is 0 Å². The number of benzene rings is 1. The zero-order valence-electron chi connectivity index (χ0n) is 10.3. The first kappa shape index (κ1) is 15.4. The van der Waals surface area contributed by atoms with Crippen molar-refractivity contribution in [3.05, 3.63) is 33.3 Å². The number of halogens is 1. The molecule has 1 aromatic rings. The largest absolute Gasteiger partial charge is 0.383 e. The normalized spacial score (nSPS) is 10.2. The van der Waals surface area contributed by atoms with Gasteiger partial charge in [0.05, 0.1) is 28.8 Å². The van der Waals surface area contributed by atoms with Gasteiger partial charge in [-0.3, -0.25) is 14.9 Å². The minimum atomic E-state index is -0.552. The Labute approximate surface area is 115 Å². The van der Waals surface area contributed by atoms with Crippen LogP contribution in [0.15, 0.2) is 18.2 Å². The Bertz CT molecular complexity index is 467. The number of carbonyl (C=O) groups excluding carboxylic acids is 1. The molecule has 0 atom stereocenters. The van der Waals surface area contributed by atoms with Gasteiger partial charge >= 0.3 is 0 Å². The molecule has 1 aromatic carbocycles. The molecule has 0 bridgehead atoms. The maximum atomic E-state index is 11.5. The predicted octanol–water partition coefficient (Wildman–Crippen LogP) is 1.42. The van der Waals surface area contributed by atoms with E-state index in [1.165, 1.54) is 18.2 Å². The average Bonchev–Trinajstić information content (AvgIpc) is 2.37. The van der Waals surface area contributed by atoms with Gasteiger partial charge in [0.1, 0.15) is 0 Å². The molecule has 7 nitrogen and oxygen atoms in total. The highest BCUT2D eigenvalue weighted by Crippen LogP contribution is 2.26. The molecule has 0 fully saturated rings. The van der Waals surface area contributed by atoms with Gasteiger partial charge in [0, 0.05) is 25.8 Å². The number of ether oxygens (including phenoxy) is 1. The fraction of sp³-hybridized carbons (Fsp3) is 0.364. The number of nitro groups is 1. The molecule has 0 unspecified atom stereocenters. The van der Waals surface area contributed by atoms with Crippen LogP contribution < -0.4 is 10.6 Å². The number of hydrogen-bond donors (Lipinski definition) is 2. The fourth-order valence-electron chi connectivity index (χ4n) is 1.29. The summed E-state index contributed by atoms with van der Waals surface area (Å²) in [6.45, 7) is 1.17. The fourth-order valence-corrected chi connectivity index (χ4v) is 1.51. The molecule has 0 aromatic heterocycles. The molecule has 0 spiro atoms. The highest BCUT2D eigenvalue weighted by atomic mass is 35.5. The number of amides is 1. The van der Waals surface area contributed by atoms with Gasteiger partial charge in [-0.2, -0.15) is 0 Å². The highest BCUT2D eigenvalue weighted by molar-refractivity contribution is 6.34. The summed E-state index contributed by atoms with van der Waals surface area (Å²) in [5, 5.41) is 16.1. The van der Waals surface area contributed by atoms with Gasteiger partial charge < -0.3 is 15.4 Å². The topological polar surface area (TPSA) is 93.5 Å². The van der Waals surface area contributed by atoms with Crippen molar-refractivity contribution in [2.24, 2.45) is 0 Å². The van der Waals surface area contributed by atoms with Crippen LogP contribution >= 0.6 is 11.6 Å². The number of methoxy groups -OCH3 is 1. The lowest BCUT2D eigenvalue weighted by atomic mass is 10.3. The summed E-state index contributed by atoms with van der Waals surface area (Å²) in [6.07, 6.45) is 0. The van der Waals surface area contributed by atoms with Gasteiger partial charge in [0.25, 0.3) is 5.69 Å². The highest BCUT2D eigenvalue weighted by Gasteiger charge is 2.11.